The highest BCUT2D eigenvalue weighted by atomic mass is 79.9. The van der Waals surface area contributed by atoms with Crippen molar-refractivity contribution in [2.24, 2.45) is 0 Å². The minimum absolute atomic E-state index is 0.216. The van der Waals surface area contributed by atoms with Crippen LogP contribution in [0.3, 0.4) is 0 Å². The van der Waals surface area contributed by atoms with E-state index < -0.39 is 0 Å². The number of halogens is 1. The first-order chi connectivity index (χ1) is 9.66. The van der Waals surface area contributed by atoms with Crippen molar-refractivity contribution in [2.75, 3.05) is 6.54 Å². The maximum atomic E-state index is 12.3. The molecule has 2 aromatic rings. The summed E-state index contributed by atoms with van der Waals surface area (Å²) in [5.41, 5.74) is 2.00. The molecule has 5 heteroatoms. The molecule has 0 saturated carbocycles. The van der Waals surface area contributed by atoms with Gasteiger partial charge in [-0.2, -0.15) is 0 Å². The fourth-order valence-corrected chi connectivity index (χ4v) is 2.62. The first kappa shape index (κ1) is 13.0. The summed E-state index contributed by atoms with van der Waals surface area (Å²) in [6.45, 7) is 0.383. The number of amides is 2. The largest absolute Gasteiger partial charge is 0.274 e. The highest BCUT2D eigenvalue weighted by Crippen LogP contribution is 2.26. The van der Waals surface area contributed by atoms with Gasteiger partial charge in [0.25, 0.3) is 11.8 Å². The van der Waals surface area contributed by atoms with Gasteiger partial charge in [-0.05, 0) is 42.3 Å². The summed E-state index contributed by atoms with van der Waals surface area (Å²) in [4.78, 5) is 29.7. The molecule has 2 amide bonds. The summed E-state index contributed by atoms with van der Waals surface area (Å²) in [5, 5.41) is 0. The second-order valence-corrected chi connectivity index (χ2v) is 5.47. The van der Waals surface area contributed by atoms with Gasteiger partial charge in [-0.15, -0.1) is 0 Å². The molecular weight excluding hydrogens is 320 g/mol. The van der Waals surface area contributed by atoms with E-state index in [4.69, 9.17) is 0 Å². The number of rotatable bonds is 3. The molecule has 0 spiro atoms. The molecule has 2 heterocycles. The average molecular weight is 331 g/mol. The number of benzene rings is 1. The molecule has 20 heavy (non-hydrogen) atoms. The van der Waals surface area contributed by atoms with Crippen molar-refractivity contribution in [3.8, 4) is 0 Å². The average Bonchev–Trinajstić information content (AvgIpc) is 2.70. The quantitative estimate of drug-likeness (QED) is 0.813. The molecule has 0 bridgehead atoms. The predicted molar refractivity (Wildman–Crippen MR) is 77.5 cm³/mol. The number of carbonyl (C=O) groups excluding carboxylic acids is 2. The van der Waals surface area contributed by atoms with Crippen LogP contribution in [-0.2, 0) is 6.42 Å². The number of pyridine rings is 1. The van der Waals surface area contributed by atoms with E-state index in [9.17, 15) is 9.59 Å². The van der Waals surface area contributed by atoms with Gasteiger partial charge in [-0.1, -0.05) is 15.9 Å². The van der Waals surface area contributed by atoms with E-state index in [1.807, 2.05) is 12.1 Å². The lowest BCUT2D eigenvalue weighted by molar-refractivity contribution is 0.0656. The summed E-state index contributed by atoms with van der Waals surface area (Å²) in [6.07, 6.45) is 4.04. The van der Waals surface area contributed by atoms with Crippen LogP contribution < -0.4 is 0 Å². The van der Waals surface area contributed by atoms with E-state index in [0.29, 0.717) is 24.1 Å². The van der Waals surface area contributed by atoms with Crippen LogP contribution >= 0.6 is 15.9 Å². The standard InChI is InChI=1S/C15H11BrN2O2/c16-11-1-2-12-13(9-11)15(20)18(14(12)19)8-5-10-3-6-17-7-4-10/h1-4,6-7,9H,5,8H2. The van der Waals surface area contributed by atoms with Crippen molar-refractivity contribution in [3.05, 3.63) is 63.9 Å². The van der Waals surface area contributed by atoms with Gasteiger partial charge in [0.2, 0.25) is 0 Å². The number of fused-ring (bicyclic) bond motifs is 1. The molecular formula is C15H11BrN2O2. The third-order valence-corrected chi connectivity index (χ3v) is 3.80. The molecule has 1 aromatic heterocycles. The maximum Gasteiger partial charge on any atom is 0.261 e. The fourth-order valence-electron chi connectivity index (χ4n) is 2.26. The molecule has 0 fully saturated rings. The van der Waals surface area contributed by atoms with Crippen molar-refractivity contribution in [1.29, 1.82) is 0 Å². The molecule has 3 rings (SSSR count). The highest BCUT2D eigenvalue weighted by molar-refractivity contribution is 9.10. The van der Waals surface area contributed by atoms with Crippen LogP contribution in [0.5, 0.6) is 0 Å². The first-order valence-electron chi connectivity index (χ1n) is 6.21. The molecule has 0 atom stereocenters. The highest BCUT2D eigenvalue weighted by Gasteiger charge is 2.34. The Balaban J connectivity index is 1.80. The molecule has 0 N–H and O–H groups in total. The van der Waals surface area contributed by atoms with Crippen molar-refractivity contribution in [1.82, 2.24) is 9.88 Å². The van der Waals surface area contributed by atoms with Gasteiger partial charge >= 0.3 is 0 Å². The Morgan fingerprint density at radius 2 is 1.70 bits per heavy atom. The fraction of sp³-hybridized carbons (Fsp3) is 0.133. The van der Waals surface area contributed by atoms with E-state index in [1.165, 1.54) is 4.90 Å². The molecule has 0 radical (unpaired) electrons. The normalized spacial score (nSPS) is 13.8. The molecule has 100 valence electrons. The van der Waals surface area contributed by atoms with Crippen molar-refractivity contribution >= 4 is 27.7 Å². The lowest BCUT2D eigenvalue weighted by atomic mass is 10.1. The van der Waals surface area contributed by atoms with Crippen molar-refractivity contribution < 1.29 is 9.59 Å². The minimum Gasteiger partial charge on any atom is -0.274 e. The lowest BCUT2D eigenvalue weighted by Gasteiger charge is -2.13. The lowest BCUT2D eigenvalue weighted by Crippen LogP contribution is -2.31. The Bertz CT molecular complexity index is 686. The van der Waals surface area contributed by atoms with Crippen molar-refractivity contribution in [2.45, 2.75) is 6.42 Å². The van der Waals surface area contributed by atoms with Crippen LogP contribution in [0.2, 0.25) is 0 Å². The number of aromatic nitrogens is 1. The Kier molecular flexibility index (Phi) is 3.36. The van der Waals surface area contributed by atoms with Crippen LogP contribution in [0.1, 0.15) is 26.3 Å². The summed E-state index contributed by atoms with van der Waals surface area (Å²) in [7, 11) is 0. The summed E-state index contributed by atoms with van der Waals surface area (Å²) >= 11 is 3.32. The second-order valence-electron chi connectivity index (χ2n) is 4.56. The maximum absolute atomic E-state index is 12.3. The van der Waals surface area contributed by atoms with E-state index in [-0.39, 0.29) is 11.8 Å². The van der Waals surface area contributed by atoms with Gasteiger partial charge in [0.15, 0.2) is 0 Å². The zero-order valence-electron chi connectivity index (χ0n) is 10.5. The minimum atomic E-state index is -0.222. The van der Waals surface area contributed by atoms with Crippen LogP contribution in [0, 0.1) is 0 Å². The Hall–Kier alpha value is -2.01. The molecule has 0 unspecified atom stereocenters. The second kappa shape index (κ2) is 5.17. The van der Waals surface area contributed by atoms with E-state index in [2.05, 4.69) is 20.9 Å². The molecule has 1 aromatic carbocycles. The molecule has 1 aliphatic rings. The monoisotopic (exact) mass is 330 g/mol. The number of hydrogen-bond donors (Lipinski definition) is 0. The predicted octanol–water partition coefficient (Wildman–Crippen LogP) is 2.68. The van der Waals surface area contributed by atoms with Crippen LogP contribution in [-0.4, -0.2) is 28.2 Å². The van der Waals surface area contributed by atoms with Crippen LogP contribution in [0.4, 0.5) is 0 Å². The van der Waals surface area contributed by atoms with Gasteiger partial charge in [0, 0.05) is 23.4 Å². The topological polar surface area (TPSA) is 50.3 Å². The summed E-state index contributed by atoms with van der Waals surface area (Å²) in [6, 6.07) is 8.92. The van der Waals surface area contributed by atoms with Gasteiger partial charge < -0.3 is 0 Å². The summed E-state index contributed by atoms with van der Waals surface area (Å²) < 4.78 is 0.799. The van der Waals surface area contributed by atoms with Gasteiger partial charge in [0.1, 0.15) is 0 Å². The SMILES string of the molecule is O=C1c2ccc(Br)cc2C(=O)N1CCc1ccncc1. The molecule has 1 aliphatic heterocycles. The van der Waals surface area contributed by atoms with Gasteiger partial charge in [-0.25, -0.2) is 0 Å². The third kappa shape index (κ3) is 2.25. The van der Waals surface area contributed by atoms with Crippen LogP contribution in [0.25, 0.3) is 0 Å². The van der Waals surface area contributed by atoms with Crippen molar-refractivity contribution in [3.63, 3.8) is 0 Å². The van der Waals surface area contributed by atoms with Gasteiger partial charge in [-0.3, -0.25) is 19.5 Å². The molecule has 0 aliphatic carbocycles. The number of nitrogens with zero attached hydrogens (tertiary/aromatic N) is 2. The van der Waals surface area contributed by atoms with E-state index in [0.717, 1.165) is 10.0 Å². The summed E-state index contributed by atoms with van der Waals surface area (Å²) in [5.74, 6) is -0.438. The Labute approximate surface area is 124 Å². The number of imide groups is 1. The van der Waals surface area contributed by atoms with Crippen LogP contribution in [0.15, 0.2) is 47.2 Å². The third-order valence-electron chi connectivity index (χ3n) is 3.31. The zero-order chi connectivity index (χ0) is 14.1. The first-order valence-corrected chi connectivity index (χ1v) is 7.01. The molecule has 0 saturated heterocycles. The zero-order valence-corrected chi connectivity index (χ0v) is 12.1. The molecule has 4 nitrogen and oxygen atoms in total. The Morgan fingerprint density at radius 1 is 1.00 bits per heavy atom. The van der Waals surface area contributed by atoms with E-state index >= 15 is 0 Å². The van der Waals surface area contributed by atoms with E-state index in [1.54, 1.807) is 30.6 Å². The number of carbonyl (C=O) groups is 2. The smallest absolute Gasteiger partial charge is 0.261 e. The van der Waals surface area contributed by atoms with Gasteiger partial charge in [0.05, 0.1) is 11.1 Å². The Morgan fingerprint density at radius 3 is 2.45 bits per heavy atom. The number of hydrogen-bond acceptors (Lipinski definition) is 3.